The first-order chi connectivity index (χ1) is 7.57. The SMILES string of the molecule is CSCC(C)N(C)C(=O)c1ccccc1I. The fourth-order valence-corrected chi connectivity index (χ4v) is 2.70. The molecular weight excluding hydrogens is 333 g/mol. The number of benzene rings is 1. The minimum absolute atomic E-state index is 0.103. The maximum absolute atomic E-state index is 12.2. The van der Waals surface area contributed by atoms with E-state index in [9.17, 15) is 4.79 Å². The second kappa shape index (κ2) is 6.49. The van der Waals surface area contributed by atoms with Crippen LogP contribution in [0.25, 0.3) is 0 Å². The molecule has 0 bridgehead atoms. The smallest absolute Gasteiger partial charge is 0.254 e. The quantitative estimate of drug-likeness (QED) is 0.779. The summed E-state index contributed by atoms with van der Waals surface area (Å²) in [7, 11) is 1.87. The van der Waals surface area contributed by atoms with Gasteiger partial charge in [-0.05, 0) is 47.9 Å². The molecule has 16 heavy (non-hydrogen) atoms. The molecule has 1 amide bonds. The van der Waals surface area contributed by atoms with Gasteiger partial charge >= 0.3 is 0 Å². The number of thioether (sulfide) groups is 1. The molecule has 1 aromatic carbocycles. The van der Waals surface area contributed by atoms with Crippen molar-refractivity contribution in [2.75, 3.05) is 19.1 Å². The monoisotopic (exact) mass is 349 g/mol. The van der Waals surface area contributed by atoms with E-state index in [0.29, 0.717) is 0 Å². The van der Waals surface area contributed by atoms with Gasteiger partial charge in [0, 0.05) is 22.4 Å². The highest BCUT2D eigenvalue weighted by Gasteiger charge is 2.18. The highest BCUT2D eigenvalue weighted by Crippen LogP contribution is 2.15. The molecule has 0 saturated heterocycles. The molecule has 1 aromatic rings. The molecule has 0 aliphatic rings. The van der Waals surface area contributed by atoms with Gasteiger partial charge in [-0.15, -0.1) is 0 Å². The fraction of sp³-hybridized carbons (Fsp3) is 0.417. The third-order valence-corrected chi connectivity index (χ3v) is 4.25. The topological polar surface area (TPSA) is 20.3 Å². The van der Waals surface area contributed by atoms with Crippen LogP contribution in [0.15, 0.2) is 24.3 Å². The molecule has 0 radical (unpaired) electrons. The van der Waals surface area contributed by atoms with Crippen LogP contribution in [0.3, 0.4) is 0 Å². The maximum atomic E-state index is 12.2. The number of nitrogens with zero attached hydrogens (tertiary/aromatic N) is 1. The van der Waals surface area contributed by atoms with E-state index >= 15 is 0 Å². The number of carbonyl (C=O) groups excluding carboxylic acids is 1. The Hall–Kier alpha value is -0.230. The van der Waals surface area contributed by atoms with Crippen LogP contribution in [-0.2, 0) is 0 Å². The van der Waals surface area contributed by atoms with Gasteiger partial charge in [0.15, 0.2) is 0 Å². The lowest BCUT2D eigenvalue weighted by Crippen LogP contribution is -2.36. The Labute approximate surface area is 115 Å². The van der Waals surface area contributed by atoms with Crippen LogP contribution in [0.4, 0.5) is 0 Å². The van der Waals surface area contributed by atoms with E-state index in [0.717, 1.165) is 14.9 Å². The average molecular weight is 349 g/mol. The molecule has 0 heterocycles. The van der Waals surface area contributed by atoms with Gasteiger partial charge in [0.2, 0.25) is 0 Å². The van der Waals surface area contributed by atoms with Crippen LogP contribution in [0.1, 0.15) is 17.3 Å². The third-order valence-electron chi connectivity index (χ3n) is 2.49. The van der Waals surface area contributed by atoms with E-state index in [1.165, 1.54) is 0 Å². The summed E-state index contributed by atoms with van der Waals surface area (Å²) in [6, 6.07) is 7.96. The van der Waals surface area contributed by atoms with E-state index in [1.54, 1.807) is 11.8 Å². The normalized spacial score (nSPS) is 12.2. The Morgan fingerprint density at radius 3 is 2.69 bits per heavy atom. The highest BCUT2D eigenvalue weighted by atomic mass is 127. The first kappa shape index (κ1) is 13.8. The lowest BCUT2D eigenvalue weighted by molar-refractivity contribution is 0.0756. The third kappa shape index (κ3) is 3.38. The standard InChI is InChI=1S/C12H16INOS/c1-9(8-16-3)14(2)12(15)10-6-4-5-7-11(10)13/h4-7,9H,8H2,1-3H3. The Bertz CT molecular complexity index is 370. The van der Waals surface area contributed by atoms with Crippen LogP contribution in [0.5, 0.6) is 0 Å². The van der Waals surface area contributed by atoms with E-state index in [4.69, 9.17) is 0 Å². The summed E-state index contributed by atoms with van der Waals surface area (Å²) in [5, 5.41) is 0. The first-order valence-corrected chi connectivity index (χ1v) is 7.55. The summed E-state index contributed by atoms with van der Waals surface area (Å²) in [5.74, 6) is 1.07. The van der Waals surface area contributed by atoms with E-state index in [1.807, 2.05) is 36.2 Å². The van der Waals surface area contributed by atoms with Crippen molar-refractivity contribution in [3.8, 4) is 0 Å². The van der Waals surface area contributed by atoms with Gasteiger partial charge in [0.05, 0.1) is 5.56 Å². The maximum Gasteiger partial charge on any atom is 0.254 e. The minimum atomic E-state index is 0.103. The van der Waals surface area contributed by atoms with Gasteiger partial charge in [-0.1, -0.05) is 12.1 Å². The molecule has 0 aromatic heterocycles. The van der Waals surface area contributed by atoms with Crippen molar-refractivity contribution in [3.63, 3.8) is 0 Å². The number of carbonyl (C=O) groups is 1. The van der Waals surface area contributed by atoms with Crippen molar-refractivity contribution in [2.24, 2.45) is 0 Å². The molecule has 0 saturated carbocycles. The molecule has 1 atom stereocenters. The molecule has 1 unspecified atom stereocenters. The molecular formula is C12H16INOS. The van der Waals surface area contributed by atoms with Crippen molar-refractivity contribution in [1.82, 2.24) is 4.90 Å². The number of hydrogen-bond donors (Lipinski definition) is 0. The highest BCUT2D eigenvalue weighted by molar-refractivity contribution is 14.1. The van der Waals surface area contributed by atoms with E-state index in [2.05, 4.69) is 35.8 Å². The predicted molar refractivity (Wildman–Crippen MR) is 79.1 cm³/mol. The zero-order chi connectivity index (χ0) is 12.1. The lowest BCUT2D eigenvalue weighted by atomic mass is 10.2. The number of hydrogen-bond acceptors (Lipinski definition) is 2. The summed E-state index contributed by atoms with van der Waals surface area (Å²) in [5.41, 5.74) is 0.790. The molecule has 0 aliphatic carbocycles. The summed E-state index contributed by atoms with van der Waals surface area (Å²) in [4.78, 5) is 14.0. The minimum Gasteiger partial charge on any atom is -0.338 e. The largest absolute Gasteiger partial charge is 0.338 e. The molecule has 88 valence electrons. The average Bonchev–Trinajstić information content (AvgIpc) is 2.28. The summed E-state index contributed by atoms with van der Waals surface area (Å²) in [6.07, 6.45) is 2.06. The summed E-state index contributed by atoms with van der Waals surface area (Å²) >= 11 is 3.96. The zero-order valence-electron chi connectivity index (χ0n) is 9.74. The Morgan fingerprint density at radius 1 is 1.50 bits per heavy atom. The number of rotatable bonds is 4. The van der Waals surface area contributed by atoms with Gasteiger partial charge in [-0.2, -0.15) is 11.8 Å². The van der Waals surface area contributed by atoms with Crippen LogP contribution in [0.2, 0.25) is 0 Å². The molecule has 0 N–H and O–H groups in total. The van der Waals surface area contributed by atoms with Crippen LogP contribution < -0.4 is 0 Å². The number of halogens is 1. The second-order valence-electron chi connectivity index (χ2n) is 3.70. The molecule has 2 nitrogen and oxygen atoms in total. The van der Waals surface area contributed by atoms with Crippen molar-refractivity contribution in [3.05, 3.63) is 33.4 Å². The van der Waals surface area contributed by atoms with Gasteiger partial charge in [-0.3, -0.25) is 4.79 Å². The fourth-order valence-electron chi connectivity index (χ4n) is 1.38. The van der Waals surface area contributed by atoms with Crippen molar-refractivity contribution in [2.45, 2.75) is 13.0 Å². The lowest BCUT2D eigenvalue weighted by Gasteiger charge is -2.24. The number of amides is 1. The Kier molecular flexibility index (Phi) is 5.61. The van der Waals surface area contributed by atoms with E-state index in [-0.39, 0.29) is 11.9 Å². The molecule has 0 spiro atoms. The second-order valence-corrected chi connectivity index (χ2v) is 5.77. The van der Waals surface area contributed by atoms with Crippen LogP contribution in [-0.4, -0.2) is 35.9 Å². The molecule has 1 rings (SSSR count). The van der Waals surface area contributed by atoms with Crippen molar-refractivity contribution in [1.29, 1.82) is 0 Å². The van der Waals surface area contributed by atoms with Gasteiger partial charge in [0.1, 0.15) is 0 Å². The van der Waals surface area contributed by atoms with Gasteiger partial charge < -0.3 is 4.90 Å². The Morgan fingerprint density at radius 2 is 2.12 bits per heavy atom. The van der Waals surface area contributed by atoms with Gasteiger partial charge in [0.25, 0.3) is 5.91 Å². The molecule has 0 aliphatic heterocycles. The molecule has 4 heteroatoms. The summed E-state index contributed by atoms with van der Waals surface area (Å²) < 4.78 is 1.01. The first-order valence-electron chi connectivity index (χ1n) is 5.08. The summed E-state index contributed by atoms with van der Waals surface area (Å²) in [6.45, 7) is 2.07. The van der Waals surface area contributed by atoms with Gasteiger partial charge in [-0.25, -0.2) is 0 Å². The van der Waals surface area contributed by atoms with Crippen LogP contribution in [0, 0.1) is 3.57 Å². The van der Waals surface area contributed by atoms with E-state index < -0.39 is 0 Å². The zero-order valence-corrected chi connectivity index (χ0v) is 12.7. The Balaban J connectivity index is 2.82. The van der Waals surface area contributed by atoms with Crippen molar-refractivity contribution < 1.29 is 4.79 Å². The molecule has 0 fully saturated rings. The van der Waals surface area contributed by atoms with Crippen molar-refractivity contribution >= 4 is 40.3 Å². The predicted octanol–water partition coefficient (Wildman–Crippen LogP) is 3.11. The van der Waals surface area contributed by atoms with Crippen LogP contribution >= 0.6 is 34.4 Å².